The molecule has 1 aliphatic heterocycles. The molecule has 1 aromatic heterocycles. The summed E-state index contributed by atoms with van der Waals surface area (Å²) in [5, 5.41) is 74.0. The van der Waals surface area contributed by atoms with Gasteiger partial charge in [-0.2, -0.15) is 0 Å². The number of rotatable bonds is 5. The molecular weight excluding hydrogens is 837 g/mol. The fourth-order valence-electron chi connectivity index (χ4n) is 17.5. The van der Waals surface area contributed by atoms with E-state index in [-0.39, 0.29) is 123 Å². The van der Waals surface area contributed by atoms with Crippen LogP contribution in [0.4, 0.5) is 0 Å². The van der Waals surface area contributed by atoms with Crippen LogP contribution in [0.25, 0.3) is 0 Å². The number of esters is 1. The van der Waals surface area contributed by atoms with Crippen molar-refractivity contribution in [2.45, 2.75) is 140 Å². The minimum Gasteiger partial charge on any atom is -0.465 e. The Bertz CT molecular complexity index is 2210. The van der Waals surface area contributed by atoms with Gasteiger partial charge in [0.1, 0.15) is 0 Å². The van der Waals surface area contributed by atoms with Crippen molar-refractivity contribution in [2.75, 3.05) is 19.8 Å². The molecule has 0 radical (unpaired) electrons. The molecular formula is C53H74N4O9. The minimum atomic E-state index is -1.80. The van der Waals surface area contributed by atoms with Crippen molar-refractivity contribution < 1.29 is 45.0 Å². The van der Waals surface area contributed by atoms with Gasteiger partial charge in [0.15, 0.2) is 11.7 Å². The van der Waals surface area contributed by atoms with Crippen LogP contribution < -0.4 is 11.5 Å². The number of ketones is 1. The Labute approximate surface area is 389 Å². The Kier molecular flexibility index (Phi) is 11.8. The number of H-pyrrole nitrogens is 1. The van der Waals surface area contributed by atoms with Crippen LogP contribution in [0.1, 0.15) is 116 Å². The van der Waals surface area contributed by atoms with E-state index in [4.69, 9.17) is 16.2 Å². The van der Waals surface area contributed by atoms with E-state index >= 15 is 0 Å². The number of hydrogen-bond acceptors (Lipinski definition) is 10. The number of carbonyl (C=O) groups excluding carboxylic acids is 2. The molecule has 1 aromatic rings. The third kappa shape index (κ3) is 7.03. The molecule has 0 unspecified atom stereocenters. The molecule has 13 nitrogen and oxygen atoms in total. The van der Waals surface area contributed by atoms with Crippen LogP contribution in [-0.2, 0) is 14.3 Å². The third-order valence-corrected chi connectivity index (χ3v) is 20.3. The van der Waals surface area contributed by atoms with Crippen LogP contribution in [0, 0.1) is 99.6 Å². The van der Waals surface area contributed by atoms with Crippen molar-refractivity contribution in [2.24, 2.45) is 104 Å². The van der Waals surface area contributed by atoms with Crippen molar-refractivity contribution >= 4 is 17.7 Å². The van der Waals surface area contributed by atoms with Gasteiger partial charge in [-0.1, -0.05) is 31.4 Å². The molecule has 1 spiro atoms. The molecule has 6 fully saturated rings. The quantitative estimate of drug-likeness (QED) is 0.0669. The molecule has 21 atom stereocenters. The summed E-state index contributed by atoms with van der Waals surface area (Å²) < 4.78 is 5.89. The van der Waals surface area contributed by atoms with E-state index in [1.807, 2.05) is 18.5 Å². The lowest BCUT2D eigenvalue weighted by Crippen LogP contribution is -2.69. The number of allylic oxidation sites excluding steroid dienone is 3. The number of aromatic amines is 1. The highest BCUT2D eigenvalue weighted by Gasteiger charge is 2.77. The van der Waals surface area contributed by atoms with Gasteiger partial charge in [-0.05, 0) is 166 Å². The second-order valence-electron chi connectivity index (χ2n) is 23.5. The van der Waals surface area contributed by atoms with Crippen LogP contribution >= 0.6 is 0 Å². The molecule has 66 heavy (non-hydrogen) atoms. The Balaban J connectivity index is 1.13. The molecule has 10 rings (SSSR count). The smallest absolute Gasteiger partial charge is 0.313 e. The van der Waals surface area contributed by atoms with Crippen molar-refractivity contribution in [1.29, 1.82) is 0 Å². The number of nitrogens with one attached hydrogen (secondary N) is 1. The van der Waals surface area contributed by atoms with Crippen molar-refractivity contribution in [3.63, 3.8) is 0 Å². The molecule has 13 heteroatoms. The van der Waals surface area contributed by atoms with E-state index in [1.54, 1.807) is 13.0 Å². The van der Waals surface area contributed by atoms with E-state index in [2.05, 4.69) is 41.7 Å². The maximum atomic E-state index is 14.5. The molecule has 9 aliphatic rings. The number of nitrogens with two attached hydrogens (primary N) is 2. The summed E-state index contributed by atoms with van der Waals surface area (Å²) in [7, 11) is 0. The Morgan fingerprint density at radius 3 is 2.52 bits per heavy atom. The van der Waals surface area contributed by atoms with Gasteiger partial charge < -0.3 is 51.8 Å². The fraction of sp³-hybridized carbons (Fsp3) is 0.755. The van der Waals surface area contributed by atoms with E-state index in [9.17, 15) is 40.2 Å². The number of fused-ring (bicyclic) bond motifs is 10. The summed E-state index contributed by atoms with van der Waals surface area (Å²) in [6.45, 7) is 6.33. The first-order valence-electron chi connectivity index (χ1n) is 25.3. The predicted octanol–water partition coefficient (Wildman–Crippen LogP) is 4.11. The first-order chi connectivity index (χ1) is 31.4. The van der Waals surface area contributed by atoms with Gasteiger partial charge in [0, 0.05) is 61.1 Å². The minimum absolute atomic E-state index is 0.0247. The number of aromatic nitrogens is 1. The summed E-state index contributed by atoms with van der Waals surface area (Å²) >= 11 is 0. The topological polar surface area (TPSA) is 245 Å². The molecule has 0 aromatic carbocycles. The molecule has 11 N–H and O–H groups in total. The monoisotopic (exact) mass is 911 g/mol. The zero-order chi connectivity index (χ0) is 46.7. The van der Waals surface area contributed by atoms with Gasteiger partial charge in [0.2, 0.25) is 0 Å². The molecule has 1 saturated heterocycles. The van der Waals surface area contributed by atoms with Crippen LogP contribution in [-0.4, -0.2) is 103 Å². The summed E-state index contributed by atoms with van der Waals surface area (Å²) in [6, 6.07) is 1.94. The van der Waals surface area contributed by atoms with Crippen LogP contribution in [0.15, 0.2) is 46.8 Å². The van der Waals surface area contributed by atoms with E-state index in [1.165, 1.54) is 5.57 Å². The lowest BCUT2D eigenvalue weighted by Gasteiger charge is -2.67. The average Bonchev–Trinajstić information content (AvgIpc) is 4.00. The highest BCUT2D eigenvalue weighted by Crippen LogP contribution is 2.76. The third-order valence-electron chi connectivity index (χ3n) is 20.3. The zero-order valence-corrected chi connectivity index (χ0v) is 39.0. The Morgan fingerprint density at radius 2 is 1.77 bits per heavy atom. The first-order valence-corrected chi connectivity index (χ1v) is 25.3. The maximum Gasteiger partial charge on any atom is 0.313 e. The number of hydrogen-bond donors (Lipinski definition) is 9. The molecule has 8 aliphatic carbocycles. The number of nitrogens with zero attached hydrogens (tertiary/aromatic N) is 1. The molecule has 0 amide bonds. The number of aliphatic imine (C=N–C) groups is 1. The highest BCUT2D eigenvalue weighted by molar-refractivity contribution is 5.95. The van der Waals surface area contributed by atoms with Crippen molar-refractivity contribution in [1.82, 2.24) is 4.98 Å². The lowest BCUT2D eigenvalue weighted by molar-refractivity contribution is -0.226. The number of ether oxygens (including phenoxy) is 1. The highest BCUT2D eigenvalue weighted by atomic mass is 16.5. The van der Waals surface area contributed by atoms with Gasteiger partial charge in [-0.15, -0.1) is 5.92 Å². The second-order valence-corrected chi connectivity index (χ2v) is 23.5. The van der Waals surface area contributed by atoms with Crippen LogP contribution in [0.2, 0.25) is 0 Å². The first kappa shape index (κ1) is 46.2. The molecule has 360 valence electrons. The standard InChI is InChI=1S/C53H74N4O9/c1-27-7-8-28-10-12-35-33(25-58)17-44(62)51(3,64)47-31(6-4-5-29(16-37(35)36(28)15-27)38-26-66-48(63)45(38)32-13-14-56-23-32)21-53(65)40-19-41(59)39-18-42(60)43(61)22-50(39,2)46(40)30-9-11-34(24-57-49(54)55)52(47,53)20-30/h10,13-14,19,23,27,29-31,33-39,42-47,56,58,60-62,64-65H,6-9,11-12,15-18,20-22,24-26H2,1-3H3,(H4,54,55,57)/t27-,29-,30-,31+,33-,34-,35-,36-,37+,38-,39-,42+,43-,44+,45-,46-,47+,50-,51-,52-,53+/m0/s1. The van der Waals surface area contributed by atoms with Gasteiger partial charge >= 0.3 is 5.97 Å². The average molecular weight is 911 g/mol. The SMILES string of the molecule is C[C@H]1CCC2=CC[C@H]3[C@H](CO)C[C@@H](O)[C@](C)(O)[C@H]4[C@H](CC#C[C@H]([C@@H]5COC(=O)[C@H]5c5cc[nH]c5)C[C@H]3[C@H]2C1)C[C@@]1(O)C2=CC(=O)[C@@H]3C[C@@H](O)[C@@H](O)C[C@]3(C)[C@H]2[C@H]2CC[C@@H](CN=C(N)N)[C@@]41C2. The summed E-state index contributed by atoms with van der Waals surface area (Å²) in [4.78, 5) is 35.8. The van der Waals surface area contributed by atoms with E-state index in [0.29, 0.717) is 30.8 Å². The van der Waals surface area contributed by atoms with Crippen LogP contribution in [0.3, 0.4) is 0 Å². The normalized spacial score (nSPS) is 49.7. The number of cyclic esters (lactones) is 1. The van der Waals surface area contributed by atoms with E-state index in [0.717, 1.165) is 37.7 Å². The second kappa shape index (κ2) is 16.9. The number of aliphatic hydroxyl groups excluding tert-OH is 4. The predicted molar refractivity (Wildman–Crippen MR) is 246 cm³/mol. The maximum absolute atomic E-state index is 14.5. The molecule has 2 bridgehead atoms. The van der Waals surface area contributed by atoms with Crippen molar-refractivity contribution in [3.8, 4) is 11.8 Å². The summed E-state index contributed by atoms with van der Waals surface area (Å²) in [5.41, 5.74) is 9.74. The largest absolute Gasteiger partial charge is 0.465 e. The Morgan fingerprint density at radius 1 is 0.970 bits per heavy atom. The van der Waals surface area contributed by atoms with Gasteiger partial charge in [0.25, 0.3) is 0 Å². The summed E-state index contributed by atoms with van der Waals surface area (Å²) in [6.07, 6.45) is 11.8. The van der Waals surface area contributed by atoms with Gasteiger partial charge in [-0.3, -0.25) is 14.6 Å². The van der Waals surface area contributed by atoms with E-state index < -0.39 is 64.0 Å². The van der Waals surface area contributed by atoms with Crippen molar-refractivity contribution in [3.05, 3.63) is 47.3 Å². The fourth-order valence-corrected chi connectivity index (χ4v) is 17.5. The lowest BCUT2D eigenvalue weighted by atomic mass is 9.38. The van der Waals surface area contributed by atoms with Gasteiger partial charge in [-0.25, -0.2) is 0 Å². The molecule has 2 heterocycles. The number of carbonyl (C=O) groups is 2. The zero-order valence-electron chi connectivity index (χ0n) is 39.0. The van der Waals surface area contributed by atoms with Crippen LogP contribution in [0.5, 0.6) is 0 Å². The van der Waals surface area contributed by atoms with Gasteiger partial charge in [0.05, 0.1) is 42.0 Å². The number of guanidine groups is 1. The Hall–Kier alpha value is -3.51. The number of aliphatic hydroxyl groups is 6. The molecule has 5 saturated carbocycles. The summed E-state index contributed by atoms with van der Waals surface area (Å²) in [5.74, 6) is 4.09.